The Morgan fingerprint density at radius 3 is 2.93 bits per heavy atom. The van der Waals surface area contributed by atoms with E-state index in [0.29, 0.717) is 0 Å². The van der Waals surface area contributed by atoms with Gasteiger partial charge in [-0.05, 0) is 42.7 Å². The minimum Gasteiger partial charge on any atom is -0.321 e. The highest BCUT2D eigenvalue weighted by Crippen LogP contribution is 2.40. The average Bonchev–Trinajstić information content (AvgIpc) is 2.51. The van der Waals surface area contributed by atoms with Crippen molar-refractivity contribution in [2.75, 3.05) is 0 Å². The van der Waals surface area contributed by atoms with Gasteiger partial charge in [-0.2, -0.15) is 0 Å². The molecule has 1 nitrogen and oxygen atoms in total. The Morgan fingerprint density at radius 1 is 1.57 bits per heavy atom. The fraction of sp³-hybridized carbons (Fsp3) is 0.667. The average molecular weight is 209 g/mol. The molecule has 2 heteroatoms. The van der Waals surface area contributed by atoms with Crippen LogP contribution in [0.25, 0.3) is 0 Å². The van der Waals surface area contributed by atoms with E-state index in [2.05, 4.69) is 25.3 Å². The molecule has 1 saturated carbocycles. The van der Waals surface area contributed by atoms with Crippen molar-refractivity contribution in [2.45, 2.75) is 45.1 Å². The van der Waals surface area contributed by atoms with Gasteiger partial charge in [-0.15, -0.1) is 11.3 Å². The molecule has 2 atom stereocenters. The molecule has 14 heavy (non-hydrogen) atoms. The van der Waals surface area contributed by atoms with Crippen LogP contribution >= 0.6 is 11.3 Å². The molecule has 1 aromatic heterocycles. The molecule has 0 amide bonds. The summed E-state index contributed by atoms with van der Waals surface area (Å²) >= 11 is 1.82. The van der Waals surface area contributed by atoms with Gasteiger partial charge in [0.15, 0.2) is 0 Å². The molecule has 1 aliphatic carbocycles. The lowest BCUT2D eigenvalue weighted by molar-refractivity contribution is 0.239. The van der Waals surface area contributed by atoms with Gasteiger partial charge >= 0.3 is 0 Å². The molecule has 1 aliphatic rings. The van der Waals surface area contributed by atoms with Crippen LogP contribution in [0.1, 0.15) is 43.0 Å². The van der Waals surface area contributed by atoms with E-state index in [1.807, 2.05) is 11.3 Å². The van der Waals surface area contributed by atoms with Crippen LogP contribution < -0.4 is 5.73 Å². The van der Waals surface area contributed by atoms with E-state index >= 15 is 0 Å². The first kappa shape index (κ1) is 10.2. The van der Waals surface area contributed by atoms with Crippen LogP contribution in [0.2, 0.25) is 0 Å². The van der Waals surface area contributed by atoms with Gasteiger partial charge in [0.2, 0.25) is 0 Å². The van der Waals surface area contributed by atoms with Crippen LogP contribution in [0.3, 0.4) is 0 Å². The predicted octanol–water partition coefficient (Wildman–Crippen LogP) is 3.42. The van der Waals surface area contributed by atoms with Crippen molar-refractivity contribution in [3.8, 4) is 0 Å². The molecular formula is C12H19NS. The molecule has 1 fully saturated rings. The number of rotatable bonds is 1. The van der Waals surface area contributed by atoms with Gasteiger partial charge in [0.05, 0.1) is 0 Å². The van der Waals surface area contributed by atoms with E-state index in [0.717, 1.165) is 18.8 Å². The summed E-state index contributed by atoms with van der Waals surface area (Å²) < 4.78 is 0. The maximum atomic E-state index is 6.52. The standard InChI is InChI=1S/C12H19NS/c1-9-4-3-6-12(13,8-9)11-5-7-14-10(11)2/h5,7,9H,3-4,6,8,13H2,1-2H3. The fourth-order valence-electron chi connectivity index (χ4n) is 2.74. The fourth-order valence-corrected chi connectivity index (χ4v) is 3.54. The largest absolute Gasteiger partial charge is 0.321 e. The second-order valence-electron chi connectivity index (χ2n) is 4.75. The lowest BCUT2D eigenvalue weighted by atomic mass is 9.73. The van der Waals surface area contributed by atoms with Crippen molar-refractivity contribution < 1.29 is 0 Å². The minimum atomic E-state index is -0.0260. The second-order valence-corrected chi connectivity index (χ2v) is 5.87. The van der Waals surface area contributed by atoms with Gasteiger partial charge in [0.25, 0.3) is 0 Å². The van der Waals surface area contributed by atoms with Crippen molar-refractivity contribution in [3.05, 3.63) is 21.9 Å². The maximum Gasteiger partial charge on any atom is 0.0423 e. The molecule has 2 N–H and O–H groups in total. The van der Waals surface area contributed by atoms with E-state index in [9.17, 15) is 0 Å². The van der Waals surface area contributed by atoms with Crippen LogP contribution in [0.5, 0.6) is 0 Å². The molecule has 78 valence electrons. The number of aryl methyl sites for hydroxylation is 1. The van der Waals surface area contributed by atoms with Crippen molar-refractivity contribution in [3.63, 3.8) is 0 Å². The van der Waals surface area contributed by atoms with E-state index < -0.39 is 0 Å². The molecule has 0 spiro atoms. The zero-order valence-corrected chi connectivity index (χ0v) is 9.86. The third-order valence-electron chi connectivity index (χ3n) is 3.43. The van der Waals surface area contributed by atoms with E-state index in [1.165, 1.54) is 23.3 Å². The Hall–Kier alpha value is -0.340. The number of hydrogen-bond donors (Lipinski definition) is 1. The summed E-state index contributed by atoms with van der Waals surface area (Å²) in [5.74, 6) is 0.785. The molecule has 0 radical (unpaired) electrons. The first-order valence-electron chi connectivity index (χ1n) is 5.45. The first-order valence-corrected chi connectivity index (χ1v) is 6.33. The number of hydrogen-bond acceptors (Lipinski definition) is 2. The smallest absolute Gasteiger partial charge is 0.0423 e. The topological polar surface area (TPSA) is 26.0 Å². The van der Waals surface area contributed by atoms with E-state index in [-0.39, 0.29) is 5.54 Å². The van der Waals surface area contributed by atoms with Crippen LogP contribution in [-0.4, -0.2) is 0 Å². The highest BCUT2D eigenvalue weighted by molar-refractivity contribution is 7.10. The van der Waals surface area contributed by atoms with Gasteiger partial charge in [-0.25, -0.2) is 0 Å². The third kappa shape index (κ3) is 1.73. The quantitative estimate of drug-likeness (QED) is 0.753. The summed E-state index contributed by atoms with van der Waals surface area (Å²) in [6, 6.07) is 2.22. The van der Waals surface area contributed by atoms with E-state index in [1.54, 1.807) is 0 Å². The monoisotopic (exact) mass is 209 g/mol. The molecule has 1 heterocycles. The Kier molecular flexibility index (Phi) is 2.67. The highest BCUT2D eigenvalue weighted by atomic mass is 32.1. The van der Waals surface area contributed by atoms with Crippen LogP contribution in [0, 0.1) is 12.8 Å². The second kappa shape index (κ2) is 3.67. The Morgan fingerprint density at radius 2 is 2.36 bits per heavy atom. The SMILES string of the molecule is Cc1sccc1C1(N)CCCC(C)C1. The molecule has 1 aromatic rings. The summed E-state index contributed by atoms with van der Waals surface area (Å²) in [5.41, 5.74) is 7.89. The van der Waals surface area contributed by atoms with Crippen molar-refractivity contribution in [1.82, 2.24) is 0 Å². The van der Waals surface area contributed by atoms with Crippen LogP contribution in [-0.2, 0) is 5.54 Å². The lowest BCUT2D eigenvalue weighted by Crippen LogP contribution is -2.41. The number of thiophene rings is 1. The van der Waals surface area contributed by atoms with Crippen molar-refractivity contribution >= 4 is 11.3 Å². The molecular weight excluding hydrogens is 190 g/mol. The molecule has 0 bridgehead atoms. The van der Waals surface area contributed by atoms with Crippen LogP contribution in [0.15, 0.2) is 11.4 Å². The first-order chi connectivity index (χ1) is 6.62. The van der Waals surface area contributed by atoms with Gasteiger partial charge < -0.3 is 5.73 Å². The van der Waals surface area contributed by atoms with Crippen molar-refractivity contribution in [1.29, 1.82) is 0 Å². The van der Waals surface area contributed by atoms with Crippen LogP contribution in [0.4, 0.5) is 0 Å². The number of nitrogens with two attached hydrogens (primary N) is 1. The van der Waals surface area contributed by atoms with Gasteiger partial charge in [0.1, 0.15) is 0 Å². The van der Waals surface area contributed by atoms with E-state index in [4.69, 9.17) is 5.73 Å². The van der Waals surface area contributed by atoms with Gasteiger partial charge in [0, 0.05) is 10.4 Å². The molecule has 0 saturated heterocycles. The Balaban J connectivity index is 2.27. The summed E-state index contributed by atoms with van der Waals surface area (Å²) in [7, 11) is 0. The summed E-state index contributed by atoms with van der Waals surface area (Å²) in [5, 5.41) is 2.17. The Bertz CT molecular complexity index is 318. The highest BCUT2D eigenvalue weighted by Gasteiger charge is 2.33. The molecule has 2 rings (SSSR count). The predicted molar refractivity (Wildman–Crippen MR) is 62.6 cm³/mol. The van der Waals surface area contributed by atoms with Gasteiger partial charge in [-0.1, -0.05) is 19.8 Å². The normalized spacial score (nSPS) is 33.2. The zero-order valence-electron chi connectivity index (χ0n) is 9.05. The lowest BCUT2D eigenvalue weighted by Gasteiger charge is -2.37. The minimum absolute atomic E-state index is 0.0260. The molecule has 2 unspecified atom stereocenters. The summed E-state index contributed by atoms with van der Waals surface area (Å²) in [6.45, 7) is 4.51. The zero-order chi connectivity index (χ0) is 10.2. The molecule has 0 aromatic carbocycles. The van der Waals surface area contributed by atoms with Crippen molar-refractivity contribution in [2.24, 2.45) is 11.7 Å². The van der Waals surface area contributed by atoms with Gasteiger partial charge in [-0.3, -0.25) is 0 Å². The Labute approximate surface area is 90.3 Å². The molecule has 0 aliphatic heterocycles. The maximum absolute atomic E-state index is 6.52. The summed E-state index contributed by atoms with van der Waals surface area (Å²) in [6.07, 6.45) is 4.95. The third-order valence-corrected chi connectivity index (χ3v) is 4.27. The summed E-state index contributed by atoms with van der Waals surface area (Å²) in [4.78, 5) is 1.40.